The summed E-state index contributed by atoms with van der Waals surface area (Å²) in [5, 5.41) is 18.7. The van der Waals surface area contributed by atoms with E-state index in [9.17, 15) is 5.11 Å². The van der Waals surface area contributed by atoms with E-state index in [1.54, 1.807) is 18.2 Å². The molecule has 2 heterocycles. The molecule has 0 atom stereocenters. The van der Waals surface area contributed by atoms with Gasteiger partial charge in [-0.15, -0.1) is 0 Å². The van der Waals surface area contributed by atoms with Gasteiger partial charge >= 0.3 is 0 Å². The highest BCUT2D eigenvalue weighted by molar-refractivity contribution is 5.19. The number of pyridine rings is 1. The molecule has 13 heavy (non-hydrogen) atoms. The Labute approximate surface area is 75.8 Å². The molecule has 0 spiro atoms. The lowest BCUT2D eigenvalue weighted by Crippen LogP contribution is -2.47. The van der Waals surface area contributed by atoms with E-state index in [1.807, 2.05) is 0 Å². The van der Waals surface area contributed by atoms with Crippen LogP contribution < -0.4 is 0 Å². The molecule has 0 saturated carbocycles. The maximum Gasteiger partial charge on any atom is 0.153 e. The van der Waals surface area contributed by atoms with Crippen molar-refractivity contribution in [3.63, 3.8) is 0 Å². The molecule has 4 heteroatoms. The summed E-state index contributed by atoms with van der Waals surface area (Å²) in [5.41, 5.74) is 0.202. The molecular formula is C9H11NO3. The lowest BCUT2D eigenvalue weighted by atomic mass is 9.97. The van der Waals surface area contributed by atoms with Gasteiger partial charge in [0.05, 0.1) is 31.2 Å². The van der Waals surface area contributed by atoms with Gasteiger partial charge in [-0.2, -0.15) is 0 Å². The molecule has 70 valence electrons. The number of aliphatic hydroxyl groups excluding tert-OH is 1. The van der Waals surface area contributed by atoms with E-state index in [1.165, 1.54) is 0 Å². The van der Waals surface area contributed by atoms with Gasteiger partial charge in [0.25, 0.3) is 0 Å². The third-order valence-electron chi connectivity index (χ3n) is 2.13. The van der Waals surface area contributed by atoms with Crippen molar-refractivity contribution < 1.29 is 14.9 Å². The van der Waals surface area contributed by atoms with Crippen LogP contribution in [0.3, 0.4) is 0 Å². The van der Waals surface area contributed by atoms with Crippen molar-refractivity contribution in [1.29, 1.82) is 0 Å². The zero-order valence-corrected chi connectivity index (χ0v) is 7.10. The summed E-state index contributed by atoms with van der Waals surface area (Å²) in [7, 11) is 0. The number of hydrogen-bond donors (Lipinski definition) is 2. The van der Waals surface area contributed by atoms with E-state index in [2.05, 4.69) is 4.98 Å². The zero-order chi connectivity index (χ0) is 9.31. The van der Waals surface area contributed by atoms with Crippen LogP contribution in [0.1, 0.15) is 11.4 Å². The van der Waals surface area contributed by atoms with E-state index in [0.29, 0.717) is 11.4 Å². The molecule has 0 aliphatic carbocycles. The van der Waals surface area contributed by atoms with Gasteiger partial charge in [0.2, 0.25) is 0 Å². The van der Waals surface area contributed by atoms with Crippen LogP contribution in [-0.2, 0) is 16.9 Å². The smallest absolute Gasteiger partial charge is 0.153 e. The minimum atomic E-state index is -0.939. The molecule has 0 bridgehead atoms. The number of ether oxygens (including phenoxy) is 1. The molecule has 0 amide bonds. The molecule has 0 unspecified atom stereocenters. The van der Waals surface area contributed by atoms with Crippen LogP contribution in [0.2, 0.25) is 0 Å². The molecule has 1 fully saturated rings. The summed E-state index contributed by atoms with van der Waals surface area (Å²) < 4.78 is 4.91. The van der Waals surface area contributed by atoms with Crippen LogP contribution >= 0.6 is 0 Å². The van der Waals surface area contributed by atoms with E-state index in [0.717, 1.165) is 0 Å². The first-order chi connectivity index (χ1) is 6.24. The second-order valence-electron chi connectivity index (χ2n) is 3.20. The van der Waals surface area contributed by atoms with Crippen molar-refractivity contribution in [3.8, 4) is 0 Å². The lowest BCUT2D eigenvalue weighted by molar-refractivity contribution is -0.187. The fourth-order valence-electron chi connectivity index (χ4n) is 1.27. The summed E-state index contributed by atoms with van der Waals surface area (Å²) in [5.74, 6) is 0. The molecular weight excluding hydrogens is 170 g/mol. The normalized spacial score (nSPS) is 19.5. The average Bonchev–Trinajstić information content (AvgIpc) is 2.14. The Kier molecular flexibility index (Phi) is 2.03. The van der Waals surface area contributed by atoms with E-state index >= 15 is 0 Å². The van der Waals surface area contributed by atoms with Gasteiger partial charge in [-0.05, 0) is 12.1 Å². The third kappa shape index (κ3) is 1.44. The van der Waals surface area contributed by atoms with Crippen LogP contribution in [0.4, 0.5) is 0 Å². The summed E-state index contributed by atoms with van der Waals surface area (Å²) in [4.78, 5) is 4.11. The van der Waals surface area contributed by atoms with Gasteiger partial charge in [0.15, 0.2) is 5.60 Å². The molecule has 1 aromatic heterocycles. The molecule has 1 saturated heterocycles. The van der Waals surface area contributed by atoms with E-state index in [-0.39, 0.29) is 19.8 Å². The fourth-order valence-corrected chi connectivity index (χ4v) is 1.27. The van der Waals surface area contributed by atoms with Gasteiger partial charge in [-0.1, -0.05) is 6.07 Å². The fraction of sp³-hybridized carbons (Fsp3) is 0.444. The molecule has 0 aromatic carbocycles. The highest BCUT2D eigenvalue weighted by Gasteiger charge is 2.39. The van der Waals surface area contributed by atoms with Crippen LogP contribution in [0.5, 0.6) is 0 Å². The first kappa shape index (κ1) is 8.62. The number of aliphatic hydroxyl groups is 2. The van der Waals surface area contributed by atoms with Crippen molar-refractivity contribution in [2.75, 3.05) is 13.2 Å². The average molecular weight is 181 g/mol. The molecule has 2 rings (SSSR count). The molecule has 1 aliphatic rings. The Morgan fingerprint density at radius 2 is 2.23 bits per heavy atom. The van der Waals surface area contributed by atoms with Crippen molar-refractivity contribution in [1.82, 2.24) is 4.98 Å². The summed E-state index contributed by atoms with van der Waals surface area (Å²) >= 11 is 0. The van der Waals surface area contributed by atoms with Crippen LogP contribution in [0, 0.1) is 0 Å². The second-order valence-corrected chi connectivity index (χ2v) is 3.20. The van der Waals surface area contributed by atoms with Crippen molar-refractivity contribution in [2.24, 2.45) is 0 Å². The lowest BCUT2D eigenvalue weighted by Gasteiger charge is -2.35. The third-order valence-corrected chi connectivity index (χ3v) is 2.13. The maximum atomic E-state index is 9.83. The maximum absolute atomic E-state index is 9.83. The minimum Gasteiger partial charge on any atom is -0.390 e. The van der Waals surface area contributed by atoms with Crippen LogP contribution in [0.25, 0.3) is 0 Å². The number of nitrogens with zero attached hydrogens (tertiary/aromatic N) is 1. The Balaban J connectivity index is 2.29. The second kappa shape index (κ2) is 3.06. The summed E-state index contributed by atoms with van der Waals surface area (Å²) in [6.45, 7) is 0.467. The molecule has 0 radical (unpaired) electrons. The minimum absolute atomic E-state index is 0.106. The zero-order valence-electron chi connectivity index (χ0n) is 7.10. The van der Waals surface area contributed by atoms with Crippen LogP contribution in [0.15, 0.2) is 18.2 Å². The highest BCUT2D eigenvalue weighted by atomic mass is 16.5. The van der Waals surface area contributed by atoms with Crippen molar-refractivity contribution >= 4 is 0 Å². The van der Waals surface area contributed by atoms with E-state index < -0.39 is 5.60 Å². The number of hydrogen-bond acceptors (Lipinski definition) is 4. The summed E-state index contributed by atoms with van der Waals surface area (Å²) in [6, 6.07) is 5.22. The van der Waals surface area contributed by atoms with Crippen LogP contribution in [-0.4, -0.2) is 28.4 Å². The Bertz CT molecular complexity index is 309. The predicted octanol–water partition coefficient (Wildman–Crippen LogP) is -0.208. The largest absolute Gasteiger partial charge is 0.390 e. The Morgan fingerprint density at radius 3 is 2.77 bits per heavy atom. The first-order valence-electron chi connectivity index (χ1n) is 4.12. The van der Waals surface area contributed by atoms with Gasteiger partial charge in [0.1, 0.15) is 0 Å². The van der Waals surface area contributed by atoms with Gasteiger partial charge in [-0.3, -0.25) is 4.98 Å². The molecule has 4 nitrogen and oxygen atoms in total. The van der Waals surface area contributed by atoms with Gasteiger partial charge < -0.3 is 14.9 Å². The quantitative estimate of drug-likeness (QED) is 0.662. The number of aromatic nitrogens is 1. The topological polar surface area (TPSA) is 62.6 Å². The Morgan fingerprint density at radius 1 is 1.46 bits per heavy atom. The molecule has 1 aliphatic heterocycles. The monoisotopic (exact) mass is 181 g/mol. The molecule has 2 N–H and O–H groups in total. The summed E-state index contributed by atoms with van der Waals surface area (Å²) in [6.07, 6.45) is 0. The first-order valence-corrected chi connectivity index (χ1v) is 4.12. The van der Waals surface area contributed by atoms with E-state index in [4.69, 9.17) is 9.84 Å². The standard InChI is InChI=1S/C9H11NO3/c11-4-7-2-1-3-8(10-7)9(12)5-13-6-9/h1-3,11-12H,4-6H2. The van der Waals surface area contributed by atoms with Crippen molar-refractivity contribution in [3.05, 3.63) is 29.6 Å². The Hall–Kier alpha value is -0.970. The van der Waals surface area contributed by atoms with Crippen molar-refractivity contribution in [2.45, 2.75) is 12.2 Å². The molecule has 1 aromatic rings. The SMILES string of the molecule is OCc1cccc(C2(O)COC2)n1. The van der Waals surface area contributed by atoms with Gasteiger partial charge in [0, 0.05) is 0 Å². The highest BCUT2D eigenvalue weighted by Crippen LogP contribution is 2.27. The van der Waals surface area contributed by atoms with Gasteiger partial charge in [-0.25, -0.2) is 0 Å². The number of rotatable bonds is 2. The predicted molar refractivity (Wildman–Crippen MR) is 44.9 cm³/mol.